The normalized spacial score (nSPS) is 14.5. The fourth-order valence-electron chi connectivity index (χ4n) is 5.57. The number of aliphatic hydroxyl groups excluding tert-OH is 3. The summed E-state index contributed by atoms with van der Waals surface area (Å²) in [4.78, 5) is 53.6. The second-order valence-corrected chi connectivity index (χ2v) is 13.2. The molecule has 0 aromatic heterocycles. The van der Waals surface area contributed by atoms with Gasteiger partial charge < -0.3 is 53.4 Å². The highest BCUT2D eigenvalue weighted by molar-refractivity contribution is 5.75. The van der Waals surface area contributed by atoms with E-state index in [0.29, 0.717) is 13.0 Å². The molecule has 3 unspecified atom stereocenters. The Morgan fingerprint density at radius 3 is 1.00 bits per heavy atom. The summed E-state index contributed by atoms with van der Waals surface area (Å²) >= 11 is 0. The van der Waals surface area contributed by atoms with Crippen LogP contribution in [-0.4, -0.2) is 197 Å². The highest BCUT2D eigenvalue weighted by Crippen LogP contribution is 2.25. The number of hydrogen-bond acceptors (Lipinski definition) is 17. The van der Waals surface area contributed by atoms with E-state index in [9.17, 15) is 34.5 Å². The van der Waals surface area contributed by atoms with Crippen LogP contribution in [-0.2, 0) is 52.3 Å². The molecule has 17 nitrogen and oxygen atoms in total. The number of aliphatic hydroxyl groups is 3. The number of carbonyl (C=O) groups excluding carboxylic acids is 4. The van der Waals surface area contributed by atoms with E-state index in [0.717, 1.165) is 25.9 Å². The monoisotopic (exact) mass is 781 g/mol. The molecule has 0 aliphatic rings. The molecule has 0 rings (SSSR count). The van der Waals surface area contributed by atoms with Crippen molar-refractivity contribution in [1.29, 1.82) is 0 Å². The lowest BCUT2D eigenvalue weighted by Gasteiger charge is -2.34. The first kappa shape index (κ1) is 51.5. The zero-order chi connectivity index (χ0) is 40.8. The molecule has 318 valence electrons. The predicted octanol–water partition coefficient (Wildman–Crippen LogP) is 0.494. The Balaban J connectivity index is 5.68. The molecule has 0 aromatic carbocycles. The highest BCUT2D eigenvalue weighted by atomic mass is 16.5. The van der Waals surface area contributed by atoms with Gasteiger partial charge in [0.2, 0.25) is 0 Å². The van der Waals surface area contributed by atoms with E-state index in [-0.39, 0.29) is 105 Å². The average Bonchev–Trinajstić information content (AvgIpc) is 3.08. The Hall–Kier alpha value is -2.48. The van der Waals surface area contributed by atoms with Crippen LogP contribution in [0.15, 0.2) is 0 Å². The van der Waals surface area contributed by atoms with Crippen molar-refractivity contribution in [3.8, 4) is 0 Å². The van der Waals surface area contributed by atoms with Crippen molar-refractivity contribution >= 4 is 23.9 Å². The molecule has 0 bridgehead atoms. The van der Waals surface area contributed by atoms with E-state index < -0.39 is 47.6 Å². The molecule has 0 fully saturated rings. The van der Waals surface area contributed by atoms with Gasteiger partial charge in [-0.2, -0.15) is 0 Å². The zero-order valence-corrected chi connectivity index (χ0v) is 34.0. The van der Waals surface area contributed by atoms with E-state index >= 15 is 0 Å². The summed E-state index contributed by atoms with van der Waals surface area (Å²) in [6.45, 7) is 14.7. The SMILES string of the molecule is CCCN(CCC)CC(O)COCC(CC)(COCC(O)CN(CC(=O)OCC)CC(=O)OCC)COCC(O)CN(CC(=O)OCC)CC(=O)OCC. The molecular weight excluding hydrogens is 710 g/mol. The molecule has 0 amide bonds. The van der Waals surface area contributed by atoms with Gasteiger partial charge in [0.05, 0.1) is 111 Å². The summed E-state index contributed by atoms with van der Waals surface area (Å²) in [5.74, 6) is -2.18. The second kappa shape index (κ2) is 31.7. The third kappa shape index (κ3) is 25.6. The Bertz CT molecular complexity index is 903. The Kier molecular flexibility index (Phi) is 30.2. The van der Waals surface area contributed by atoms with E-state index in [2.05, 4.69) is 18.7 Å². The van der Waals surface area contributed by atoms with Crippen molar-refractivity contribution in [3.05, 3.63) is 0 Å². The number of rotatable bonds is 35. The van der Waals surface area contributed by atoms with Crippen LogP contribution >= 0.6 is 0 Å². The summed E-state index contributed by atoms with van der Waals surface area (Å²) in [7, 11) is 0. The molecule has 54 heavy (non-hydrogen) atoms. The van der Waals surface area contributed by atoms with Gasteiger partial charge in [-0.3, -0.25) is 29.0 Å². The van der Waals surface area contributed by atoms with Gasteiger partial charge in [0, 0.05) is 25.0 Å². The summed E-state index contributed by atoms with van der Waals surface area (Å²) in [5, 5.41) is 32.4. The minimum Gasteiger partial charge on any atom is -0.465 e. The smallest absolute Gasteiger partial charge is 0.320 e. The Morgan fingerprint density at radius 2 is 0.759 bits per heavy atom. The maximum absolute atomic E-state index is 12.1. The number of nitrogens with zero attached hydrogens (tertiary/aromatic N) is 3. The van der Waals surface area contributed by atoms with Crippen molar-refractivity contribution < 1.29 is 67.7 Å². The molecule has 0 aromatic rings. The van der Waals surface area contributed by atoms with Crippen molar-refractivity contribution in [2.75, 3.05) is 125 Å². The number of carbonyl (C=O) groups is 4. The topological polar surface area (TPSA) is 203 Å². The number of esters is 4. The van der Waals surface area contributed by atoms with Gasteiger partial charge in [0.15, 0.2) is 0 Å². The lowest BCUT2D eigenvalue weighted by atomic mass is 9.88. The molecule has 0 aliphatic heterocycles. The lowest BCUT2D eigenvalue weighted by Crippen LogP contribution is -2.44. The lowest BCUT2D eigenvalue weighted by molar-refractivity contribution is -0.150. The van der Waals surface area contributed by atoms with Crippen LogP contribution in [0.5, 0.6) is 0 Å². The fraction of sp³-hybridized carbons (Fsp3) is 0.892. The van der Waals surface area contributed by atoms with Crippen molar-refractivity contribution in [1.82, 2.24) is 14.7 Å². The first-order valence-electron chi connectivity index (χ1n) is 19.4. The van der Waals surface area contributed by atoms with Crippen molar-refractivity contribution in [3.63, 3.8) is 0 Å². The summed E-state index contributed by atoms with van der Waals surface area (Å²) in [5.41, 5.74) is -0.767. The highest BCUT2D eigenvalue weighted by Gasteiger charge is 2.32. The van der Waals surface area contributed by atoms with Crippen LogP contribution < -0.4 is 0 Å². The van der Waals surface area contributed by atoms with Crippen LogP contribution in [0.4, 0.5) is 0 Å². The Morgan fingerprint density at radius 1 is 0.481 bits per heavy atom. The van der Waals surface area contributed by atoms with E-state index in [1.54, 1.807) is 27.7 Å². The predicted molar refractivity (Wildman–Crippen MR) is 200 cm³/mol. The van der Waals surface area contributed by atoms with Gasteiger partial charge in [-0.15, -0.1) is 0 Å². The molecule has 0 saturated heterocycles. The van der Waals surface area contributed by atoms with Gasteiger partial charge in [0.1, 0.15) is 0 Å². The quantitative estimate of drug-likeness (QED) is 0.0592. The van der Waals surface area contributed by atoms with E-state index in [1.165, 1.54) is 9.80 Å². The molecular formula is C37H71N3O14. The van der Waals surface area contributed by atoms with Crippen molar-refractivity contribution in [2.24, 2.45) is 5.41 Å². The van der Waals surface area contributed by atoms with Crippen LogP contribution in [0, 0.1) is 5.41 Å². The average molecular weight is 782 g/mol. The minimum atomic E-state index is -1.08. The molecule has 0 aliphatic carbocycles. The molecule has 0 spiro atoms. The summed E-state index contributed by atoms with van der Waals surface area (Å²) < 4.78 is 38.0. The molecule has 3 N–H and O–H groups in total. The summed E-state index contributed by atoms with van der Waals surface area (Å²) in [6, 6.07) is 0. The first-order valence-corrected chi connectivity index (χ1v) is 19.4. The fourth-order valence-corrected chi connectivity index (χ4v) is 5.57. The third-order valence-electron chi connectivity index (χ3n) is 8.02. The third-order valence-corrected chi connectivity index (χ3v) is 8.02. The van der Waals surface area contributed by atoms with Gasteiger partial charge >= 0.3 is 23.9 Å². The maximum Gasteiger partial charge on any atom is 0.320 e. The standard InChI is InChI=1S/C37H71N3O14/c1-8-15-38(16-9-2)17-30(41)24-48-27-37(10-3,28-49-25-31(42)18-39(20-33(44)51-11-4)21-34(45)52-12-5)29-50-26-32(43)19-40(22-35(46)53-13-6)23-36(47)54-14-7/h30-32,41-43H,8-29H2,1-7H3. The zero-order valence-electron chi connectivity index (χ0n) is 34.0. The van der Waals surface area contributed by atoms with Crippen LogP contribution in [0.1, 0.15) is 67.7 Å². The molecule has 17 heteroatoms. The molecule has 0 heterocycles. The van der Waals surface area contributed by atoms with E-state index in [1.807, 2.05) is 6.92 Å². The second-order valence-electron chi connectivity index (χ2n) is 13.2. The summed E-state index contributed by atoms with van der Waals surface area (Å²) in [6.07, 6.45) is -0.457. The molecule has 0 saturated carbocycles. The van der Waals surface area contributed by atoms with Crippen molar-refractivity contribution in [2.45, 2.75) is 86.0 Å². The largest absolute Gasteiger partial charge is 0.465 e. The molecule has 0 radical (unpaired) electrons. The van der Waals surface area contributed by atoms with Crippen LogP contribution in [0.3, 0.4) is 0 Å². The van der Waals surface area contributed by atoms with Crippen LogP contribution in [0.2, 0.25) is 0 Å². The maximum atomic E-state index is 12.1. The number of ether oxygens (including phenoxy) is 7. The van der Waals surface area contributed by atoms with Gasteiger partial charge in [-0.25, -0.2) is 0 Å². The molecule has 3 atom stereocenters. The van der Waals surface area contributed by atoms with E-state index in [4.69, 9.17) is 33.2 Å². The van der Waals surface area contributed by atoms with Gasteiger partial charge in [0.25, 0.3) is 0 Å². The first-order chi connectivity index (χ1) is 25.8. The minimum absolute atomic E-state index is 0.0672. The van der Waals surface area contributed by atoms with Gasteiger partial charge in [-0.05, 0) is 60.0 Å². The Labute approximate surface area is 322 Å². The van der Waals surface area contributed by atoms with Crippen LogP contribution in [0.25, 0.3) is 0 Å². The number of hydrogen-bond donors (Lipinski definition) is 3. The van der Waals surface area contributed by atoms with Gasteiger partial charge in [-0.1, -0.05) is 20.8 Å².